The predicted octanol–water partition coefficient (Wildman–Crippen LogP) is 3.52. The first-order chi connectivity index (χ1) is 11.2. The number of aliphatic hydroxyl groups is 1. The molecule has 1 fully saturated rings. The Hall–Kier alpha value is -1.55. The summed E-state index contributed by atoms with van der Waals surface area (Å²) in [7, 11) is 1.91. The zero-order chi connectivity index (χ0) is 16.5. The first-order valence-electron chi connectivity index (χ1n) is 8.89. The number of hydrogen-bond acceptors (Lipinski definition) is 2. The van der Waals surface area contributed by atoms with Crippen LogP contribution in [0.1, 0.15) is 56.4 Å². The third-order valence-electron chi connectivity index (χ3n) is 4.94. The first kappa shape index (κ1) is 17.8. The molecule has 0 aromatic heterocycles. The third-order valence-corrected chi connectivity index (χ3v) is 4.94. The lowest BCUT2D eigenvalue weighted by Crippen LogP contribution is -2.44. The molecule has 1 atom stereocenters. The highest BCUT2D eigenvalue weighted by atomic mass is 16.3. The maximum Gasteiger partial charge on any atom is 0.317 e. The average molecular weight is 318 g/mol. The molecule has 1 aromatic rings. The van der Waals surface area contributed by atoms with Crippen molar-refractivity contribution < 1.29 is 9.90 Å². The largest absolute Gasteiger partial charge is 0.396 e. The van der Waals surface area contributed by atoms with Gasteiger partial charge in [-0.3, -0.25) is 0 Å². The Kier molecular flexibility index (Phi) is 7.40. The maximum absolute atomic E-state index is 12.4. The maximum atomic E-state index is 12.4. The van der Waals surface area contributed by atoms with Gasteiger partial charge >= 0.3 is 6.03 Å². The van der Waals surface area contributed by atoms with E-state index in [1.165, 1.54) is 31.2 Å². The predicted molar refractivity (Wildman–Crippen MR) is 93.5 cm³/mol. The normalized spacial score (nSPS) is 17.3. The number of nitrogens with one attached hydrogen (secondary N) is 1. The van der Waals surface area contributed by atoms with Crippen LogP contribution in [0, 0.1) is 0 Å². The fraction of sp³-hybridized carbons (Fsp3) is 0.632. The fourth-order valence-electron chi connectivity index (χ4n) is 3.41. The molecule has 0 spiro atoms. The molecule has 0 heterocycles. The van der Waals surface area contributed by atoms with Gasteiger partial charge in [0.15, 0.2) is 0 Å². The molecule has 1 aliphatic carbocycles. The summed E-state index contributed by atoms with van der Waals surface area (Å²) in [5.74, 6) is 0.160. The zero-order valence-corrected chi connectivity index (χ0v) is 14.2. The van der Waals surface area contributed by atoms with Crippen molar-refractivity contribution >= 4 is 6.03 Å². The molecule has 1 unspecified atom stereocenters. The van der Waals surface area contributed by atoms with E-state index in [1.54, 1.807) is 0 Å². The lowest BCUT2D eigenvalue weighted by Gasteiger charge is -2.28. The van der Waals surface area contributed by atoms with Crippen molar-refractivity contribution in [2.45, 2.75) is 56.9 Å². The number of carbonyl (C=O) groups is 1. The van der Waals surface area contributed by atoms with Crippen LogP contribution in [0.25, 0.3) is 0 Å². The second-order valence-corrected chi connectivity index (χ2v) is 6.56. The van der Waals surface area contributed by atoms with E-state index in [1.807, 2.05) is 30.1 Å². The zero-order valence-electron chi connectivity index (χ0n) is 14.2. The Labute approximate surface area is 139 Å². The van der Waals surface area contributed by atoms with Crippen LogP contribution >= 0.6 is 0 Å². The topological polar surface area (TPSA) is 52.6 Å². The van der Waals surface area contributed by atoms with Gasteiger partial charge in [-0.05, 0) is 24.8 Å². The van der Waals surface area contributed by atoms with Gasteiger partial charge in [-0.2, -0.15) is 0 Å². The van der Waals surface area contributed by atoms with Crippen molar-refractivity contribution in [1.82, 2.24) is 10.2 Å². The van der Waals surface area contributed by atoms with Crippen molar-refractivity contribution in [2.24, 2.45) is 0 Å². The highest BCUT2D eigenvalue weighted by Crippen LogP contribution is 2.22. The molecule has 128 valence electrons. The smallest absolute Gasteiger partial charge is 0.317 e. The van der Waals surface area contributed by atoms with Gasteiger partial charge in [0, 0.05) is 32.2 Å². The Bertz CT molecular complexity index is 456. The Morgan fingerprint density at radius 1 is 1.22 bits per heavy atom. The summed E-state index contributed by atoms with van der Waals surface area (Å²) in [5.41, 5.74) is 1.17. The number of urea groups is 1. The summed E-state index contributed by atoms with van der Waals surface area (Å²) in [6.45, 7) is 0.703. The van der Waals surface area contributed by atoms with Gasteiger partial charge in [0.1, 0.15) is 0 Å². The number of hydrogen-bond donors (Lipinski definition) is 2. The molecule has 1 aromatic carbocycles. The van der Waals surface area contributed by atoms with Gasteiger partial charge in [0.2, 0.25) is 0 Å². The van der Waals surface area contributed by atoms with Crippen LogP contribution in [0.2, 0.25) is 0 Å². The third kappa shape index (κ3) is 5.54. The number of nitrogens with zero attached hydrogens (tertiary/aromatic N) is 1. The highest BCUT2D eigenvalue weighted by Gasteiger charge is 2.22. The lowest BCUT2D eigenvalue weighted by molar-refractivity contribution is 0.182. The molecule has 2 N–H and O–H groups in total. The number of carbonyl (C=O) groups excluding carboxylic acids is 1. The van der Waals surface area contributed by atoms with Crippen molar-refractivity contribution in [3.8, 4) is 0 Å². The van der Waals surface area contributed by atoms with Gasteiger partial charge in [-0.25, -0.2) is 4.79 Å². The molecule has 23 heavy (non-hydrogen) atoms. The van der Waals surface area contributed by atoms with E-state index in [4.69, 9.17) is 0 Å². The standard InChI is InChI=1S/C19H30N2O2/c1-21(18-11-7-2-3-8-12-18)19(23)20-15-17(13-14-22)16-9-5-4-6-10-16/h4-6,9-10,17-18,22H,2-3,7-8,11-15H2,1H3,(H,20,23). The summed E-state index contributed by atoms with van der Waals surface area (Å²) in [5, 5.41) is 12.3. The van der Waals surface area contributed by atoms with Crippen molar-refractivity contribution in [2.75, 3.05) is 20.2 Å². The quantitative estimate of drug-likeness (QED) is 0.789. The summed E-state index contributed by atoms with van der Waals surface area (Å²) < 4.78 is 0. The molecular weight excluding hydrogens is 288 g/mol. The van der Waals surface area contributed by atoms with Crippen molar-refractivity contribution in [3.05, 3.63) is 35.9 Å². The molecule has 4 nitrogen and oxygen atoms in total. The molecule has 1 aliphatic rings. The van der Waals surface area contributed by atoms with E-state index >= 15 is 0 Å². The molecule has 4 heteroatoms. The number of rotatable bonds is 6. The first-order valence-corrected chi connectivity index (χ1v) is 8.89. The van der Waals surface area contributed by atoms with Gasteiger partial charge in [-0.15, -0.1) is 0 Å². The lowest BCUT2D eigenvalue weighted by atomic mass is 9.96. The molecule has 1 saturated carbocycles. The van der Waals surface area contributed by atoms with Crippen LogP contribution in [0.4, 0.5) is 4.79 Å². The van der Waals surface area contributed by atoms with Crippen LogP contribution in [0.5, 0.6) is 0 Å². The summed E-state index contributed by atoms with van der Waals surface area (Å²) in [6, 6.07) is 10.5. The molecule has 2 amide bonds. The van der Waals surface area contributed by atoms with E-state index in [0.717, 1.165) is 12.8 Å². The van der Waals surface area contributed by atoms with Crippen molar-refractivity contribution in [3.63, 3.8) is 0 Å². The SMILES string of the molecule is CN(C(=O)NCC(CCO)c1ccccc1)C1CCCCCC1. The highest BCUT2D eigenvalue weighted by molar-refractivity contribution is 5.74. The molecule has 0 radical (unpaired) electrons. The molecule has 0 saturated heterocycles. The number of aliphatic hydroxyl groups excluding tert-OH is 1. The molecule has 0 aliphatic heterocycles. The van der Waals surface area contributed by atoms with E-state index in [0.29, 0.717) is 19.0 Å². The van der Waals surface area contributed by atoms with E-state index < -0.39 is 0 Å². The van der Waals surface area contributed by atoms with E-state index in [-0.39, 0.29) is 18.6 Å². The van der Waals surface area contributed by atoms with Crippen LogP contribution in [-0.4, -0.2) is 42.3 Å². The van der Waals surface area contributed by atoms with Crippen molar-refractivity contribution in [1.29, 1.82) is 0 Å². The summed E-state index contributed by atoms with van der Waals surface area (Å²) in [4.78, 5) is 14.3. The van der Waals surface area contributed by atoms with Crippen LogP contribution in [-0.2, 0) is 0 Å². The van der Waals surface area contributed by atoms with E-state index in [2.05, 4.69) is 17.4 Å². The second-order valence-electron chi connectivity index (χ2n) is 6.56. The van der Waals surface area contributed by atoms with Crippen LogP contribution in [0.15, 0.2) is 30.3 Å². The van der Waals surface area contributed by atoms with Gasteiger partial charge < -0.3 is 15.3 Å². The molecule has 2 rings (SSSR count). The van der Waals surface area contributed by atoms with Gasteiger partial charge in [-0.1, -0.05) is 56.0 Å². The monoisotopic (exact) mass is 318 g/mol. The summed E-state index contributed by atoms with van der Waals surface area (Å²) >= 11 is 0. The fourth-order valence-corrected chi connectivity index (χ4v) is 3.41. The second kappa shape index (κ2) is 9.56. The van der Waals surface area contributed by atoms with Gasteiger partial charge in [0.25, 0.3) is 0 Å². The summed E-state index contributed by atoms with van der Waals surface area (Å²) in [6.07, 6.45) is 7.92. The molecular formula is C19H30N2O2. The number of amides is 2. The van der Waals surface area contributed by atoms with Crippen LogP contribution in [0.3, 0.4) is 0 Å². The average Bonchev–Trinajstić information content (AvgIpc) is 2.87. The molecule has 0 bridgehead atoms. The number of benzene rings is 1. The van der Waals surface area contributed by atoms with Crippen LogP contribution < -0.4 is 5.32 Å². The minimum atomic E-state index is 0.00997. The Morgan fingerprint density at radius 3 is 2.48 bits per heavy atom. The Morgan fingerprint density at radius 2 is 1.87 bits per heavy atom. The minimum Gasteiger partial charge on any atom is -0.396 e. The van der Waals surface area contributed by atoms with E-state index in [9.17, 15) is 9.90 Å². The van der Waals surface area contributed by atoms with Gasteiger partial charge in [0.05, 0.1) is 0 Å². The Balaban J connectivity index is 1.87. The minimum absolute atomic E-state index is 0.00997.